The zero-order valence-electron chi connectivity index (χ0n) is 12.8. The first-order valence-electron chi connectivity index (χ1n) is 6.82. The minimum atomic E-state index is -0.640. The number of ether oxygens (including phenoxy) is 2. The maximum Gasteiger partial charge on any atom is 0.338 e. The first kappa shape index (κ1) is 14.9. The summed E-state index contributed by atoms with van der Waals surface area (Å²) < 4.78 is 15.5. The average Bonchev–Trinajstić information content (AvgIpc) is 2.52. The van der Waals surface area contributed by atoms with Crippen molar-refractivity contribution in [2.45, 2.75) is 6.92 Å². The third-order valence-corrected chi connectivity index (χ3v) is 3.62. The van der Waals surface area contributed by atoms with Gasteiger partial charge in [-0.25, -0.2) is 4.79 Å². The third-order valence-electron chi connectivity index (χ3n) is 3.62. The molecule has 0 aliphatic rings. The van der Waals surface area contributed by atoms with Crippen molar-refractivity contribution in [3.05, 3.63) is 45.6 Å². The number of aryl methyl sites for hydroxylation is 1. The molecule has 6 heteroatoms. The fourth-order valence-electron chi connectivity index (χ4n) is 2.59. The van der Waals surface area contributed by atoms with Gasteiger partial charge in [0.1, 0.15) is 28.1 Å². The number of hydrogen-bond acceptors (Lipinski definition) is 6. The van der Waals surface area contributed by atoms with Gasteiger partial charge in [0.2, 0.25) is 5.43 Å². The molecule has 1 aromatic heterocycles. The Morgan fingerprint density at radius 1 is 1.09 bits per heavy atom. The summed E-state index contributed by atoms with van der Waals surface area (Å²) in [6.07, 6.45) is 0. The van der Waals surface area contributed by atoms with Crippen LogP contribution in [0.1, 0.15) is 15.9 Å². The highest BCUT2D eigenvalue weighted by Crippen LogP contribution is 2.31. The van der Waals surface area contributed by atoms with Gasteiger partial charge in [0.15, 0.2) is 0 Å². The summed E-state index contributed by atoms with van der Waals surface area (Å²) >= 11 is 0. The van der Waals surface area contributed by atoms with Crippen molar-refractivity contribution < 1.29 is 23.8 Å². The minimum Gasteiger partial charge on any atom is -0.507 e. The van der Waals surface area contributed by atoms with Gasteiger partial charge in [-0.2, -0.15) is 0 Å². The monoisotopic (exact) mass is 314 g/mol. The number of carbonyl (C=O) groups excluding carboxylic acids is 1. The molecule has 118 valence electrons. The molecule has 1 heterocycles. The van der Waals surface area contributed by atoms with Gasteiger partial charge in [0, 0.05) is 12.1 Å². The molecule has 0 radical (unpaired) electrons. The number of aromatic hydroxyl groups is 1. The number of phenols is 1. The lowest BCUT2D eigenvalue weighted by Crippen LogP contribution is -2.11. The SMILES string of the molecule is COC(=O)c1cc(C)cc2oc3cc(OC)cc(O)c3c(=O)c12. The summed E-state index contributed by atoms with van der Waals surface area (Å²) in [4.78, 5) is 24.8. The Labute approximate surface area is 130 Å². The molecule has 0 atom stereocenters. The number of benzene rings is 2. The summed E-state index contributed by atoms with van der Waals surface area (Å²) in [5, 5.41) is 10.2. The second-order valence-corrected chi connectivity index (χ2v) is 5.13. The first-order valence-corrected chi connectivity index (χ1v) is 6.82. The van der Waals surface area contributed by atoms with E-state index in [0.717, 1.165) is 5.56 Å². The van der Waals surface area contributed by atoms with E-state index >= 15 is 0 Å². The summed E-state index contributed by atoms with van der Waals surface area (Å²) in [5.41, 5.74) is 0.777. The van der Waals surface area contributed by atoms with Gasteiger partial charge in [-0.3, -0.25) is 4.79 Å². The Kier molecular flexibility index (Phi) is 3.44. The predicted octanol–water partition coefficient (Wildman–Crippen LogP) is 2.76. The maximum atomic E-state index is 12.8. The topological polar surface area (TPSA) is 86.0 Å². The molecule has 23 heavy (non-hydrogen) atoms. The lowest BCUT2D eigenvalue weighted by molar-refractivity contribution is 0.0602. The highest BCUT2D eigenvalue weighted by molar-refractivity contribution is 6.06. The summed E-state index contributed by atoms with van der Waals surface area (Å²) in [7, 11) is 2.68. The Morgan fingerprint density at radius 3 is 2.43 bits per heavy atom. The lowest BCUT2D eigenvalue weighted by Gasteiger charge is -2.09. The molecular formula is C17H14O6. The first-order chi connectivity index (χ1) is 11.0. The molecule has 0 amide bonds. The van der Waals surface area contributed by atoms with Crippen LogP contribution in [-0.4, -0.2) is 25.3 Å². The molecule has 0 spiro atoms. The van der Waals surface area contributed by atoms with Crippen molar-refractivity contribution in [3.8, 4) is 11.5 Å². The van der Waals surface area contributed by atoms with Crippen LogP contribution in [0.5, 0.6) is 11.5 Å². The number of hydrogen-bond donors (Lipinski definition) is 1. The van der Waals surface area contributed by atoms with E-state index < -0.39 is 11.4 Å². The van der Waals surface area contributed by atoms with Crippen LogP contribution >= 0.6 is 0 Å². The van der Waals surface area contributed by atoms with Crippen molar-refractivity contribution in [2.24, 2.45) is 0 Å². The molecule has 3 rings (SSSR count). The molecule has 3 aromatic rings. The number of methoxy groups -OCH3 is 2. The van der Waals surface area contributed by atoms with Crippen LogP contribution in [0.25, 0.3) is 21.9 Å². The fraction of sp³-hybridized carbons (Fsp3) is 0.176. The molecule has 6 nitrogen and oxygen atoms in total. The highest BCUT2D eigenvalue weighted by atomic mass is 16.5. The molecule has 0 aliphatic heterocycles. The standard InChI is InChI=1S/C17H14O6/c1-8-4-10(17(20)22-3)14-12(5-8)23-13-7-9(21-2)6-11(18)15(13)16(14)19/h4-7,18H,1-3H3. The normalized spacial score (nSPS) is 10.9. The molecule has 0 saturated carbocycles. The highest BCUT2D eigenvalue weighted by Gasteiger charge is 2.20. The van der Waals surface area contributed by atoms with Gasteiger partial charge in [-0.1, -0.05) is 0 Å². The quantitative estimate of drug-likeness (QED) is 0.578. The maximum absolute atomic E-state index is 12.8. The Balaban J connectivity index is 2.54. The van der Waals surface area contributed by atoms with E-state index in [9.17, 15) is 14.7 Å². The molecule has 0 aliphatic carbocycles. The van der Waals surface area contributed by atoms with Crippen molar-refractivity contribution in [1.29, 1.82) is 0 Å². The number of rotatable bonds is 2. The Morgan fingerprint density at radius 2 is 1.78 bits per heavy atom. The van der Waals surface area contributed by atoms with Crippen LogP contribution in [0.15, 0.2) is 33.5 Å². The van der Waals surface area contributed by atoms with Crippen molar-refractivity contribution in [2.75, 3.05) is 14.2 Å². The van der Waals surface area contributed by atoms with Crippen LogP contribution in [-0.2, 0) is 4.74 Å². The van der Waals surface area contributed by atoms with Crippen LogP contribution in [0.3, 0.4) is 0 Å². The number of phenolic OH excluding ortho intramolecular Hbond substituents is 1. The number of fused-ring (bicyclic) bond motifs is 2. The second kappa shape index (κ2) is 5.31. The van der Waals surface area contributed by atoms with Gasteiger partial charge < -0.3 is 19.0 Å². The summed E-state index contributed by atoms with van der Waals surface area (Å²) in [6.45, 7) is 1.78. The molecule has 0 fully saturated rings. The van der Waals surface area contributed by atoms with E-state index in [0.29, 0.717) is 5.75 Å². The third kappa shape index (κ3) is 2.28. The van der Waals surface area contributed by atoms with Crippen LogP contribution in [0, 0.1) is 6.92 Å². The van der Waals surface area contributed by atoms with Crippen molar-refractivity contribution >= 4 is 27.9 Å². The summed E-state index contributed by atoms with van der Waals surface area (Å²) in [5.74, 6) is -0.553. The minimum absolute atomic E-state index is 0.00712. The number of carbonyl (C=O) groups is 1. The van der Waals surface area contributed by atoms with E-state index in [1.165, 1.54) is 26.4 Å². The van der Waals surface area contributed by atoms with Gasteiger partial charge in [-0.05, 0) is 24.6 Å². The van der Waals surface area contributed by atoms with Crippen LogP contribution in [0.4, 0.5) is 0 Å². The molecule has 0 unspecified atom stereocenters. The van der Waals surface area contributed by atoms with Crippen LogP contribution in [0.2, 0.25) is 0 Å². The van der Waals surface area contributed by atoms with E-state index in [-0.39, 0.29) is 33.3 Å². The second-order valence-electron chi connectivity index (χ2n) is 5.13. The molecule has 2 aromatic carbocycles. The Bertz CT molecular complexity index is 1000. The zero-order valence-corrected chi connectivity index (χ0v) is 12.8. The van der Waals surface area contributed by atoms with Crippen molar-refractivity contribution in [1.82, 2.24) is 0 Å². The summed E-state index contributed by atoms with van der Waals surface area (Å²) in [6, 6.07) is 6.03. The predicted molar refractivity (Wildman–Crippen MR) is 84.3 cm³/mol. The number of esters is 1. The van der Waals surface area contributed by atoms with Gasteiger partial charge >= 0.3 is 5.97 Å². The fourth-order valence-corrected chi connectivity index (χ4v) is 2.59. The lowest BCUT2D eigenvalue weighted by atomic mass is 10.0. The van der Waals surface area contributed by atoms with Gasteiger partial charge in [0.05, 0.1) is 25.2 Å². The molecule has 1 N–H and O–H groups in total. The van der Waals surface area contributed by atoms with E-state index in [2.05, 4.69) is 0 Å². The van der Waals surface area contributed by atoms with E-state index in [1.54, 1.807) is 19.1 Å². The Hall–Kier alpha value is -3.02. The van der Waals surface area contributed by atoms with Crippen LogP contribution < -0.4 is 10.2 Å². The van der Waals surface area contributed by atoms with E-state index in [1.807, 2.05) is 0 Å². The smallest absolute Gasteiger partial charge is 0.338 e. The molecular weight excluding hydrogens is 300 g/mol. The molecule has 0 bridgehead atoms. The van der Waals surface area contributed by atoms with Gasteiger partial charge in [-0.15, -0.1) is 0 Å². The largest absolute Gasteiger partial charge is 0.507 e. The molecule has 0 saturated heterocycles. The van der Waals surface area contributed by atoms with Gasteiger partial charge in [0.25, 0.3) is 0 Å². The van der Waals surface area contributed by atoms with E-state index in [4.69, 9.17) is 13.9 Å². The van der Waals surface area contributed by atoms with Crippen molar-refractivity contribution in [3.63, 3.8) is 0 Å². The zero-order chi connectivity index (χ0) is 16.7. The average molecular weight is 314 g/mol.